The van der Waals surface area contributed by atoms with Crippen LogP contribution in [0.2, 0.25) is 0 Å². The lowest BCUT2D eigenvalue weighted by molar-refractivity contribution is -0.134. The maximum absolute atomic E-state index is 11.6. The minimum Gasteiger partial charge on any atom is -0.339 e. The van der Waals surface area contributed by atoms with Crippen LogP contribution in [0.3, 0.4) is 0 Å². The van der Waals surface area contributed by atoms with Crippen LogP contribution in [-0.2, 0) is 9.59 Å². The van der Waals surface area contributed by atoms with Gasteiger partial charge in [-0.15, -0.1) is 11.3 Å². The number of hydrogen-bond acceptors (Lipinski definition) is 5. The number of rotatable bonds is 2. The van der Waals surface area contributed by atoms with Crippen molar-refractivity contribution >= 4 is 29.1 Å². The van der Waals surface area contributed by atoms with Gasteiger partial charge in [-0.05, 0) is 6.42 Å². The van der Waals surface area contributed by atoms with Crippen LogP contribution in [0.1, 0.15) is 23.3 Å². The van der Waals surface area contributed by atoms with E-state index in [0.29, 0.717) is 6.42 Å². The minimum absolute atomic E-state index is 0.244. The van der Waals surface area contributed by atoms with Crippen molar-refractivity contribution in [2.75, 3.05) is 0 Å². The van der Waals surface area contributed by atoms with Gasteiger partial charge in [-0.1, -0.05) is 0 Å². The number of carbonyl (C=O) groups excluding carboxylic acids is 3. The molecule has 1 atom stereocenters. The zero-order valence-corrected chi connectivity index (χ0v) is 9.04. The minimum atomic E-state index is -0.646. The van der Waals surface area contributed by atoms with Gasteiger partial charge in [0.15, 0.2) is 0 Å². The molecule has 0 radical (unpaired) electrons. The van der Waals surface area contributed by atoms with E-state index in [-0.39, 0.29) is 18.0 Å². The fraction of sp³-hybridized carbons (Fsp3) is 0.333. The van der Waals surface area contributed by atoms with Gasteiger partial charge < -0.3 is 5.32 Å². The summed E-state index contributed by atoms with van der Waals surface area (Å²) in [5.74, 6) is -1.15. The maximum Gasteiger partial charge on any atom is 0.271 e. The topological polar surface area (TPSA) is 88.2 Å². The van der Waals surface area contributed by atoms with Gasteiger partial charge in [0.05, 0.1) is 5.51 Å². The predicted molar refractivity (Wildman–Crippen MR) is 55.8 cm³/mol. The van der Waals surface area contributed by atoms with E-state index >= 15 is 0 Å². The molecule has 1 aromatic rings. The summed E-state index contributed by atoms with van der Waals surface area (Å²) in [6, 6.07) is -0.646. The highest BCUT2D eigenvalue weighted by atomic mass is 32.1. The number of amides is 3. The Hall–Kier alpha value is -1.76. The molecule has 1 unspecified atom stereocenters. The van der Waals surface area contributed by atoms with Gasteiger partial charge in [-0.25, -0.2) is 4.98 Å². The highest BCUT2D eigenvalue weighted by Crippen LogP contribution is 2.06. The maximum atomic E-state index is 11.6. The van der Waals surface area contributed by atoms with Gasteiger partial charge in [0.1, 0.15) is 11.7 Å². The number of carbonyl (C=O) groups is 3. The molecule has 2 N–H and O–H groups in total. The van der Waals surface area contributed by atoms with Crippen molar-refractivity contribution in [2.24, 2.45) is 0 Å². The van der Waals surface area contributed by atoms with E-state index in [1.807, 2.05) is 0 Å². The Labute approximate surface area is 95.1 Å². The molecule has 1 aliphatic rings. The van der Waals surface area contributed by atoms with Crippen LogP contribution in [-0.4, -0.2) is 28.7 Å². The number of nitrogens with zero attached hydrogens (tertiary/aromatic N) is 1. The average Bonchev–Trinajstić information content (AvgIpc) is 2.75. The van der Waals surface area contributed by atoms with Gasteiger partial charge in [-0.3, -0.25) is 19.7 Å². The molecule has 0 aliphatic carbocycles. The van der Waals surface area contributed by atoms with E-state index in [0.717, 1.165) is 0 Å². The summed E-state index contributed by atoms with van der Waals surface area (Å²) >= 11 is 1.30. The molecule has 1 aliphatic heterocycles. The van der Waals surface area contributed by atoms with Gasteiger partial charge in [0.25, 0.3) is 5.91 Å². The quantitative estimate of drug-likeness (QED) is 0.692. The van der Waals surface area contributed by atoms with Crippen LogP contribution < -0.4 is 10.6 Å². The first-order chi connectivity index (χ1) is 7.66. The Morgan fingerprint density at radius 2 is 2.38 bits per heavy atom. The SMILES string of the molecule is O=C1CCC(NC(=O)c2cscn2)C(=O)N1. The summed E-state index contributed by atoms with van der Waals surface area (Å²) in [7, 11) is 0. The second kappa shape index (κ2) is 4.40. The molecule has 2 heterocycles. The summed E-state index contributed by atoms with van der Waals surface area (Å²) < 4.78 is 0. The molecule has 1 aromatic heterocycles. The van der Waals surface area contributed by atoms with Gasteiger partial charge in [0.2, 0.25) is 11.8 Å². The van der Waals surface area contributed by atoms with Crippen LogP contribution in [0.25, 0.3) is 0 Å². The zero-order chi connectivity index (χ0) is 11.5. The van der Waals surface area contributed by atoms with Gasteiger partial charge >= 0.3 is 0 Å². The van der Waals surface area contributed by atoms with Crippen molar-refractivity contribution in [2.45, 2.75) is 18.9 Å². The fourth-order valence-corrected chi connectivity index (χ4v) is 1.92. The number of imide groups is 1. The molecule has 3 amide bonds. The van der Waals surface area contributed by atoms with Crippen molar-refractivity contribution in [3.63, 3.8) is 0 Å². The van der Waals surface area contributed by atoms with Crippen molar-refractivity contribution in [1.82, 2.24) is 15.6 Å². The van der Waals surface area contributed by atoms with Gasteiger partial charge in [-0.2, -0.15) is 0 Å². The van der Waals surface area contributed by atoms with Gasteiger partial charge in [0, 0.05) is 11.8 Å². The molecule has 6 nitrogen and oxygen atoms in total. The van der Waals surface area contributed by atoms with Crippen LogP contribution >= 0.6 is 11.3 Å². The summed E-state index contributed by atoms with van der Waals surface area (Å²) in [5, 5.41) is 6.30. The van der Waals surface area contributed by atoms with E-state index in [4.69, 9.17) is 0 Å². The van der Waals surface area contributed by atoms with E-state index in [1.54, 1.807) is 10.9 Å². The van der Waals surface area contributed by atoms with E-state index in [1.165, 1.54) is 11.3 Å². The lowest BCUT2D eigenvalue weighted by Crippen LogP contribution is -2.52. The second-order valence-corrected chi connectivity index (χ2v) is 4.07. The molecular weight excluding hydrogens is 230 g/mol. The molecule has 0 spiro atoms. The Bertz CT molecular complexity index is 429. The lowest BCUT2D eigenvalue weighted by Gasteiger charge is -2.21. The second-order valence-electron chi connectivity index (χ2n) is 3.35. The lowest BCUT2D eigenvalue weighted by atomic mass is 10.1. The van der Waals surface area contributed by atoms with E-state index in [2.05, 4.69) is 15.6 Å². The molecule has 84 valence electrons. The predicted octanol–water partition coefficient (Wildman–Crippen LogP) is -0.322. The summed E-state index contributed by atoms with van der Waals surface area (Å²) in [6.45, 7) is 0. The molecular formula is C9H9N3O3S. The first-order valence-electron chi connectivity index (χ1n) is 4.69. The largest absolute Gasteiger partial charge is 0.339 e. The molecule has 1 fully saturated rings. The smallest absolute Gasteiger partial charge is 0.271 e. The molecule has 2 rings (SSSR count). The summed E-state index contributed by atoms with van der Waals surface area (Å²) in [5.41, 5.74) is 1.83. The van der Waals surface area contributed by atoms with Crippen molar-refractivity contribution in [3.8, 4) is 0 Å². The van der Waals surface area contributed by atoms with Crippen LogP contribution in [0.5, 0.6) is 0 Å². The van der Waals surface area contributed by atoms with Crippen LogP contribution in [0.15, 0.2) is 10.9 Å². The highest BCUT2D eigenvalue weighted by Gasteiger charge is 2.28. The number of aromatic nitrogens is 1. The third-order valence-corrected chi connectivity index (χ3v) is 2.80. The molecule has 1 saturated heterocycles. The number of nitrogens with one attached hydrogen (secondary N) is 2. The molecule has 0 aromatic carbocycles. The van der Waals surface area contributed by atoms with E-state index in [9.17, 15) is 14.4 Å². The normalized spacial score (nSPS) is 20.4. The summed E-state index contributed by atoms with van der Waals surface area (Å²) in [4.78, 5) is 37.6. The Kier molecular flexibility index (Phi) is 2.95. The third-order valence-electron chi connectivity index (χ3n) is 2.21. The number of hydrogen-bond donors (Lipinski definition) is 2. The van der Waals surface area contributed by atoms with Crippen LogP contribution in [0, 0.1) is 0 Å². The third kappa shape index (κ3) is 2.25. The number of thiazole rings is 1. The first kappa shape index (κ1) is 10.7. The van der Waals surface area contributed by atoms with Crippen molar-refractivity contribution in [3.05, 3.63) is 16.6 Å². The molecule has 0 saturated carbocycles. The van der Waals surface area contributed by atoms with E-state index < -0.39 is 17.9 Å². The Morgan fingerprint density at radius 1 is 1.56 bits per heavy atom. The standard InChI is InChI=1S/C9H9N3O3S/c13-7-2-1-5(8(14)12-7)11-9(15)6-3-16-4-10-6/h3-5H,1-2H2,(H,11,15)(H,12,13,14). The van der Waals surface area contributed by atoms with Crippen LogP contribution in [0.4, 0.5) is 0 Å². The highest BCUT2D eigenvalue weighted by molar-refractivity contribution is 7.07. The Morgan fingerprint density at radius 3 is 3.00 bits per heavy atom. The first-order valence-corrected chi connectivity index (χ1v) is 5.64. The number of piperidine rings is 1. The zero-order valence-electron chi connectivity index (χ0n) is 8.23. The van der Waals surface area contributed by atoms with Crippen molar-refractivity contribution < 1.29 is 14.4 Å². The Balaban J connectivity index is 1.97. The monoisotopic (exact) mass is 239 g/mol. The fourth-order valence-electron chi connectivity index (χ4n) is 1.39. The molecule has 0 bridgehead atoms. The van der Waals surface area contributed by atoms with Crippen molar-refractivity contribution in [1.29, 1.82) is 0 Å². The molecule has 16 heavy (non-hydrogen) atoms. The molecule has 7 heteroatoms. The average molecular weight is 239 g/mol. The summed E-state index contributed by atoms with van der Waals surface area (Å²) in [6.07, 6.45) is 0.578.